The first-order valence-corrected chi connectivity index (χ1v) is 7.30. The third-order valence-corrected chi connectivity index (χ3v) is 3.26. The number of nitriles is 1. The fourth-order valence-corrected chi connectivity index (χ4v) is 1.94. The van der Waals surface area contributed by atoms with Gasteiger partial charge in [-0.3, -0.25) is 9.69 Å². The summed E-state index contributed by atoms with van der Waals surface area (Å²) in [5.74, 6) is -0.219. The Balaban J connectivity index is 2.66. The maximum atomic E-state index is 11.7. The van der Waals surface area contributed by atoms with Crippen LogP contribution in [0.1, 0.15) is 32.8 Å². The molecule has 0 bridgehead atoms. The summed E-state index contributed by atoms with van der Waals surface area (Å²) in [6.45, 7) is 7.65. The molecule has 0 saturated carbocycles. The Kier molecular flexibility index (Phi) is 6.90. The van der Waals surface area contributed by atoms with Gasteiger partial charge in [0, 0.05) is 13.1 Å². The standard InChI is InChI=1S/C17H24N2O2/c1-4-21-16(20)13-19(11-10-17(2,3)14-18)12-15-8-6-5-7-9-15/h5-9H,4,10-13H2,1-3H3. The number of carbonyl (C=O) groups is 1. The van der Waals surface area contributed by atoms with Crippen molar-refractivity contribution in [2.75, 3.05) is 19.7 Å². The molecule has 1 aromatic carbocycles. The van der Waals surface area contributed by atoms with Gasteiger partial charge in [-0.15, -0.1) is 0 Å². The number of ether oxygens (including phenoxy) is 1. The van der Waals surface area contributed by atoms with Gasteiger partial charge in [0.25, 0.3) is 0 Å². The predicted molar refractivity (Wildman–Crippen MR) is 82.4 cm³/mol. The number of carbonyl (C=O) groups excluding carboxylic acids is 1. The van der Waals surface area contributed by atoms with Gasteiger partial charge in [0.1, 0.15) is 0 Å². The lowest BCUT2D eigenvalue weighted by Crippen LogP contribution is -2.33. The number of benzene rings is 1. The highest BCUT2D eigenvalue weighted by Gasteiger charge is 2.20. The zero-order valence-corrected chi connectivity index (χ0v) is 13.1. The molecule has 0 atom stereocenters. The Hall–Kier alpha value is -1.86. The number of rotatable bonds is 8. The van der Waals surface area contributed by atoms with E-state index in [0.717, 1.165) is 12.0 Å². The van der Waals surface area contributed by atoms with Crippen LogP contribution in [0.5, 0.6) is 0 Å². The summed E-state index contributed by atoms with van der Waals surface area (Å²) in [5, 5.41) is 9.10. The minimum atomic E-state index is -0.385. The fourth-order valence-electron chi connectivity index (χ4n) is 1.94. The van der Waals surface area contributed by atoms with Crippen molar-refractivity contribution in [3.05, 3.63) is 35.9 Å². The van der Waals surface area contributed by atoms with E-state index in [1.54, 1.807) is 6.92 Å². The second kappa shape index (κ2) is 8.43. The molecular formula is C17H24N2O2. The first-order chi connectivity index (χ1) is 9.96. The molecule has 0 amide bonds. The van der Waals surface area contributed by atoms with Crippen LogP contribution < -0.4 is 0 Å². The summed E-state index contributed by atoms with van der Waals surface area (Å²) >= 11 is 0. The number of hydrogen-bond acceptors (Lipinski definition) is 4. The maximum Gasteiger partial charge on any atom is 0.320 e. The van der Waals surface area contributed by atoms with E-state index in [2.05, 4.69) is 6.07 Å². The lowest BCUT2D eigenvalue weighted by molar-refractivity contribution is -0.144. The first kappa shape index (κ1) is 17.2. The van der Waals surface area contributed by atoms with Gasteiger partial charge in [-0.2, -0.15) is 5.26 Å². The predicted octanol–water partition coefficient (Wildman–Crippen LogP) is 2.99. The van der Waals surface area contributed by atoms with E-state index in [0.29, 0.717) is 19.7 Å². The zero-order chi connectivity index (χ0) is 15.7. The van der Waals surface area contributed by atoms with Gasteiger partial charge in [-0.25, -0.2) is 0 Å². The molecule has 0 aliphatic rings. The molecule has 0 radical (unpaired) electrons. The molecule has 0 saturated heterocycles. The van der Waals surface area contributed by atoms with Gasteiger partial charge >= 0.3 is 5.97 Å². The molecule has 114 valence electrons. The molecule has 0 N–H and O–H groups in total. The lowest BCUT2D eigenvalue weighted by atomic mass is 9.91. The Morgan fingerprint density at radius 2 is 2.00 bits per heavy atom. The van der Waals surface area contributed by atoms with E-state index < -0.39 is 0 Å². The van der Waals surface area contributed by atoms with Crippen LogP contribution in [0.15, 0.2) is 30.3 Å². The van der Waals surface area contributed by atoms with Crippen LogP contribution in [-0.4, -0.2) is 30.6 Å². The van der Waals surface area contributed by atoms with Gasteiger partial charge in [-0.1, -0.05) is 30.3 Å². The topological polar surface area (TPSA) is 53.3 Å². The molecule has 0 fully saturated rings. The second-order valence-corrected chi connectivity index (χ2v) is 5.75. The van der Waals surface area contributed by atoms with Crippen molar-refractivity contribution in [2.24, 2.45) is 5.41 Å². The van der Waals surface area contributed by atoms with E-state index in [1.807, 2.05) is 49.1 Å². The van der Waals surface area contributed by atoms with Crippen LogP contribution in [0.4, 0.5) is 0 Å². The molecule has 0 aliphatic carbocycles. The fraction of sp³-hybridized carbons (Fsp3) is 0.529. The number of hydrogen-bond donors (Lipinski definition) is 0. The third kappa shape index (κ3) is 6.92. The van der Waals surface area contributed by atoms with Crippen molar-refractivity contribution in [3.8, 4) is 6.07 Å². The molecule has 1 rings (SSSR count). The Labute approximate surface area is 127 Å². The van der Waals surface area contributed by atoms with Crippen molar-refractivity contribution < 1.29 is 9.53 Å². The lowest BCUT2D eigenvalue weighted by Gasteiger charge is -2.24. The highest BCUT2D eigenvalue weighted by molar-refractivity contribution is 5.71. The molecule has 1 aromatic rings. The smallest absolute Gasteiger partial charge is 0.320 e. The Morgan fingerprint density at radius 1 is 1.33 bits per heavy atom. The minimum absolute atomic E-state index is 0.219. The van der Waals surface area contributed by atoms with Crippen molar-refractivity contribution in [1.29, 1.82) is 5.26 Å². The average molecular weight is 288 g/mol. The zero-order valence-electron chi connectivity index (χ0n) is 13.1. The van der Waals surface area contributed by atoms with E-state index in [1.165, 1.54) is 0 Å². The molecule has 4 heteroatoms. The summed E-state index contributed by atoms with van der Waals surface area (Å²) in [6.07, 6.45) is 0.718. The van der Waals surface area contributed by atoms with Crippen LogP contribution in [0, 0.1) is 16.7 Å². The normalized spacial score (nSPS) is 11.2. The van der Waals surface area contributed by atoms with Crippen LogP contribution in [0.2, 0.25) is 0 Å². The highest BCUT2D eigenvalue weighted by Crippen LogP contribution is 2.19. The minimum Gasteiger partial charge on any atom is -0.465 e. The second-order valence-electron chi connectivity index (χ2n) is 5.75. The Morgan fingerprint density at radius 3 is 2.57 bits per heavy atom. The van der Waals surface area contributed by atoms with E-state index in [9.17, 15) is 4.79 Å². The monoisotopic (exact) mass is 288 g/mol. The van der Waals surface area contributed by atoms with Crippen LogP contribution in [0.3, 0.4) is 0 Å². The molecule has 0 aliphatic heterocycles. The SMILES string of the molecule is CCOC(=O)CN(CCC(C)(C)C#N)Cc1ccccc1. The summed E-state index contributed by atoms with van der Waals surface area (Å²) in [6, 6.07) is 12.3. The van der Waals surface area contributed by atoms with Crippen molar-refractivity contribution in [3.63, 3.8) is 0 Å². The molecule has 0 aromatic heterocycles. The molecule has 4 nitrogen and oxygen atoms in total. The van der Waals surface area contributed by atoms with E-state index >= 15 is 0 Å². The van der Waals surface area contributed by atoms with Crippen molar-refractivity contribution in [2.45, 2.75) is 33.7 Å². The average Bonchev–Trinajstić information content (AvgIpc) is 2.46. The van der Waals surface area contributed by atoms with Crippen molar-refractivity contribution >= 4 is 5.97 Å². The van der Waals surface area contributed by atoms with Crippen molar-refractivity contribution in [1.82, 2.24) is 4.90 Å². The summed E-state index contributed by atoms with van der Waals surface area (Å²) in [4.78, 5) is 13.7. The molecule has 0 heterocycles. The first-order valence-electron chi connectivity index (χ1n) is 7.30. The number of esters is 1. The Bertz CT molecular complexity index is 477. The van der Waals surface area contributed by atoms with Crippen LogP contribution >= 0.6 is 0 Å². The molecule has 0 spiro atoms. The summed E-state index contributed by atoms with van der Waals surface area (Å²) in [7, 11) is 0. The largest absolute Gasteiger partial charge is 0.465 e. The summed E-state index contributed by atoms with van der Waals surface area (Å²) in [5.41, 5.74) is 0.764. The summed E-state index contributed by atoms with van der Waals surface area (Å²) < 4.78 is 5.02. The van der Waals surface area contributed by atoms with E-state index in [-0.39, 0.29) is 17.9 Å². The quantitative estimate of drug-likeness (QED) is 0.690. The van der Waals surface area contributed by atoms with E-state index in [4.69, 9.17) is 10.00 Å². The third-order valence-electron chi connectivity index (χ3n) is 3.26. The maximum absolute atomic E-state index is 11.7. The van der Waals surface area contributed by atoms with Crippen LogP contribution in [-0.2, 0) is 16.1 Å². The number of nitrogens with zero attached hydrogens (tertiary/aromatic N) is 2. The molecular weight excluding hydrogens is 264 g/mol. The molecule has 0 unspecified atom stereocenters. The van der Waals surface area contributed by atoms with Gasteiger partial charge in [0.2, 0.25) is 0 Å². The van der Waals surface area contributed by atoms with Gasteiger partial charge in [0.05, 0.1) is 24.6 Å². The van der Waals surface area contributed by atoms with Gasteiger partial charge < -0.3 is 4.74 Å². The highest BCUT2D eigenvalue weighted by atomic mass is 16.5. The van der Waals surface area contributed by atoms with Gasteiger partial charge in [-0.05, 0) is 32.8 Å². The molecule has 21 heavy (non-hydrogen) atoms. The van der Waals surface area contributed by atoms with Crippen LogP contribution in [0.25, 0.3) is 0 Å². The van der Waals surface area contributed by atoms with Gasteiger partial charge in [0.15, 0.2) is 0 Å².